The Balaban J connectivity index is 1.66. The summed E-state index contributed by atoms with van der Waals surface area (Å²) in [7, 11) is 0. The lowest BCUT2D eigenvalue weighted by Gasteiger charge is -2.62. The Morgan fingerprint density at radius 2 is 1.57 bits per heavy atom. The molecule has 0 amide bonds. The second-order valence-corrected chi connectivity index (χ2v) is 10.2. The Morgan fingerprint density at radius 1 is 0.870 bits per heavy atom. The van der Waals surface area contributed by atoms with Gasteiger partial charge in [-0.05, 0) is 91.8 Å². The van der Waals surface area contributed by atoms with E-state index in [4.69, 9.17) is 11.5 Å². The van der Waals surface area contributed by atoms with Crippen LogP contribution in [0.4, 0.5) is 0 Å². The van der Waals surface area contributed by atoms with Crippen LogP contribution in [0.25, 0.3) is 0 Å². The molecule has 0 spiro atoms. The molecule has 2 nitrogen and oxygen atoms in total. The van der Waals surface area contributed by atoms with E-state index in [0.29, 0.717) is 22.9 Å². The molecule has 4 aliphatic rings. The molecule has 0 saturated heterocycles. The molecule has 23 heavy (non-hydrogen) atoms. The van der Waals surface area contributed by atoms with Crippen LogP contribution in [0.15, 0.2) is 0 Å². The van der Waals surface area contributed by atoms with E-state index in [-0.39, 0.29) is 0 Å². The maximum atomic E-state index is 6.86. The summed E-state index contributed by atoms with van der Waals surface area (Å²) in [4.78, 5) is 0. The first kappa shape index (κ1) is 16.4. The van der Waals surface area contributed by atoms with E-state index in [1.54, 1.807) is 0 Å². The quantitative estimate of drug-likeness (QED) is 0.756. The minimum absolute atomic E-state index is 0.432. The molecule has 0 heterocycles. The van der Waals surface area contributed by atoms with Gasteiger partial charge in [0, 0.05) is 12.1 Å². The van der Waals surface area contributed by atoms with Crippen LogP contribution in [0.1, 0.15) is 78.6 Å². The van der Waals surface area contributed by atoms with E-state index in [0.717, 1.165) is 29.6 Å². The minimum Gasteiger partial charge on any atom is -0.328 e. The lowest BCUT2D eigenvalue weighted by Crippen LogP contribution is -2.60. The Hall–Kier alpha value is -0.0800. The third kappa shape index (κ3) is 2.20. The average molecular weight is 319 g/mol. The Labute approximate surface area is 143 Å². The number of rotatable bonds is 1. The smallest absolute Gasteiger partial charge is 0.00757 e. The van der Waals surface area contributed by atoms with Crippen LogP contribution >= 0.6 is 0 Å². The molecule has 0 aliphatic heterocycles. The first-order valence-electron chi connectivity index (χ1n) is 10.4. The van der Waals surface area contributed by atoms with Crippen molar-refractivity contribution in [3.8, 4) is 0 Å². The summed E-state index contributed by atoms with van der Waals surface area (Å²) in [5.74, 6) is 4.30. The van der Waals surface area contributed by atoms with E-state index >= 15 is 0 Å². The summed E-state index contributed by atoms with van der Waals surface area (Å²) in [5, 5.41) is 0. The molecule has 0 aromatic carbocycles. The van der Waals surface area contributed by atoms with Gasteiger partial charge in [-0.2, -0.15) is 0 Å². The molecule has 4 fully saturated rings. The van der Waals surface area contributed by atoms with Gasteiger partial charge in [-0.3, -0.25) is 0 Å². The van der Waals surface area contributed by atoms with Crippen LogP contribution in [-0.2, 0) is 0 Å². The third-order valence-electron chi connectivity index (χ3n) is 9.49. The van der Waals surface area contributed by atoms with Crippen LogP contribution in [-0.4, -0.2) is 12.1 Å². The highest BCUT2D eigenvalue weighted by molar-refractivity contribution is 5.12. The van der Waals surface area contributed by atoms with Gasteiger partial charge in [0.1, 0.15) is 0 Å². The summed E-state index contributed by atoms with van der Waals surface area (Å²) in [6.45, 7) is 7.64. The highest BCUT2D eigenvalue weighted by Gasteiger charge is 2.61. The Morgan fingerprint density at radius 3 is 2.30 bits per heavy atom. The van der Waals surface area contributed by atoms with Crippen molar-refractivity contribution in [1.82, 2.24) is 0 Å². The van der Waals surface area contributed by atoms with Crippen molar-refractivity contribution in [3.05, 3.63) is 0 Å². The molecular formula is C21H38N2. The SMILES string of the molecule is CC[C@H]1CC[C@H]2[C@@H]3C(N)CC4CC(N)CC[C@]4(C)[C@H]3CC[C@]12C. The van der Waals surface area contributed by atoms with Gasteiger partial charge in [-0.25, -0.2) is 0 Å². The zero-order chi connectivity index (χ0) is 16.4. The second-order valence-electron chi connectivity index (χ2n) is 10.2. The van der Waals surface area contributed by atoms with Crippen molar-refractivity contribution in [3.63, 3.8) is 0 Å². The maximum Gasteiger partial charge on any atom is 0.00757 e. The summed E-state index contributed by atoms with van der Waals surface area (Å²) in [6.07, 6.45) is 12.2. The maximum absolute atomic E-state index is 6.86. The highest BCUT2D eigenvalue weighted by Crippen LogP contribution is 2.67. The topological polar surface area (TPSA) is 52.0 Å². The fourth-order valence-corrected chi connectivity index (χ4v) is 8.13. The van der Waals surface area contributed by atoms with Crippen LogP contribution in [0.5, 0.6) is 0 Å². The van der Waals surface area contributed by atoms with Crippen LogP contribution in [0.2, 0.25) is 0 Å². The summed E-state index contributed by atoms with van der Waals surface area (Å²) in [5.41, 5.74) is 14.3. The minimum atomic E-state index is 0.432. The summed E-state index contributed by atoms with van der Waals surface area (Å²) < 4.78 is 0. The third-order valence-corrected chi connectivity index (χ3v) is 9.49. The fourth-order valence-electron chi connectivity index (χ4n) is 8.13. The van der Waals surface area contributed by atoms with Crippen molar-refractivity contribution < 1.29 is 0 Å². The summed E-state index contributed by atoms with van der Waals surface area (Å²) in [6, 6.07) is 0.866. The molecule has 4 rings (SSSR count). The van der Waals surface area contributed by atoms with Crippen molar-refractivity contribution in [1.29, 1.82) is 0 Å². The first-order valence-corrected chi connectivity index (χ1v) is 10.4. The van der Waals surface area contributed by atoms with Crippen molar-refractivity contribution in [2.45, 2.75) is 90.6 Å². The van der Waals surface area contributed by atoms with Gasteiger partial charge < -0.3 is 11.5 Å². The largest absolute Gasteiger partial charge is 0.328 e. The normalized spacial score (nSPS) is 59.1. The van der Waals surface area contributed by atoms with Gasteiger partial charge in [0.05, 0.1) is 0 Å². The molecule has 4 saturated carbocycles. The molecule has 0 radical (unpaired) electrons. The van der Waals surface area contributed by atoms with Crippen LogP contribution in [0.3, 0.4) is 0 Å². The molecule has 0 aromatic rings. The van der Waals surface area contributed by atoms with E-state index in [1.165, 1.54) is 57.8 Å². The van der Waals surface area contributed by atoms with Gasteiger partial charge in [-0.1, -0.05) is 27.2 Å². The molecule has 4 aliphatic carbocycles. The van der Waals surface area contributed by atoms with Gasteiger partial charge in [0.2, 0.25) is 0 Å². The second kappa shape index (κ2) is 5.46. The van der Waals surface area contributed by atoms with Crippen molar-refractivity contribution in [2.75, 3.05) is 0 Å². The molecule has 2 heteroatoms. The number of fused-ring (bicyclic) bond motifs is 5. The zero-order valence-corrected chi connectivity index (χ0v) is 15.6. The van der Waals surface area contributed by atoms with Crippen LogP contribution in [0, 0.1) is 40.4 Å². The number of hydrogen-bond donors (Lipinski definition) is 2. The van der Waals surface area contributed by atoms with Gasteiger partial charge >= 0.3 is 0 Å². The van der Waals surface area contributed by atoms with Gasteiger partial charge in [-0.15, -0.1) is 0 Å². The van der Waals surface area contributed by atoms with Gasteiger partial charge in [0.15, 0.2) is 0 Å². The van der Waals surface area contributed by atoms with E-state index < -0.39 is 0 Å². The zero-order valence-electron chi connectivity index (χ0n) is 15.6. The predicted molar refractivity (Wildman–Crippen MR) is 96.8 cm³/mol. The standard InChI is InChI=1S/C21H38N2/c1-4-13-5-6-16-19-17(8-10-20(13,16)2)21(3)9-7-15(22)11-14(21)12-18(19)23/h13-19H,4-12,22-23H2,1-3H3/t13-,14?,15?,16-,17-,18?,19-,20+,21-/m0/s1. The monoisotopic (exact) mass is 318 g/mol. The average Bonchev–Trinajstić information content (AvgIpc) is 2.85. The van der Waals surface area contributed by atoms with Gasteiger partial charge in [0.25, 0.3) is 0 Å². The van der Waals surface area contributed by atoms with E-state index in [9.17, 15) is 0 Å². The molecule has 4 N–H and O–H groups in total. The lowest BCUT2D eigenvalue weighted by molar-refractivity contribution is -0.121. The molecule has 0 bridgehead atoms. The Bertz CT molecular complexity index is 463. The predicted octanol–water partition coefficient (Wildman–Crippen LogP) is 4.32. The van der Waals surface area contributed by atoms with Crippen LogP contribution < -0.4 is 11.5 Å². The molecule has 3 unspecified atom stereocenters. The molecular weight excluding hydrogens is 280 g/mol. The number of nitrogens with two attached hydrogens (primary N) is 2. The van der Waals surface area contributed by atoms with Crippen molar-refractivity contribution in [2.24, 2.45) is 51.9 Å². The number of hydrogen-bond acceptors (Lipinski definition) is 2. The molecule has 0 aromatic heterocycles. The summed E-state index contributed by atoms with van der Waals surface area (Å²) >= 11 is 0. The highest BCUT2D eigenvalue weighted by atomic mass is 14.8. The van der Waals surface area contributed by atoms with Crippen molar-refractivity contribution >= 4 is 0 Å². The Kier molecular flexibility index (Phi) is 3.89. The van der Waals surface area contributed by atoms with E-state index in [1.807, 2.05) is 0 Å². The molecule has 132 valence electrons. The lowest BCUT2D eigenvalue weighted by atomic mass is 9.43. The fraction of sp³-hybridized carbons (Fsp3) is 1.00. The first-order chi connectivity index (χ1) is 10.9. The molecule has 9 atom stereocenters. The van der Waals surface area contributed by atoms with E-state index in [2.05, 4.69) is 20.8 Å².